The lowest BCUT2D eigenvalue weighted by atomic mass is 10.1. The van der Waals surface area contributed by atoms with Gasteiger partial charge in [0.25, 0.3) is 5.91 Å². The number of hydrogen-bond donors (Lipinski definition) is 1. The molecule has 0 aliphatic carbocycles. The number of hydrogen-bond acceptors (Lipinski definition) is 2. The second kappa shape index (κ2) is 5.69. The number of primary amides is 1. The van der Waals surface area contributed by atoms with Crippen LogP contribution in [0, 0.1) is 0 Å². The van der Waals surface area contributed by atoms with E-state index < -0.39 is 12.0 Å². The van der Waals surface area contributed by atoms with Crippen molar-refractivity contribution in [1.82, 2.24) is 0 Å². The molecular weight excluding hydrogens is 294 g/mol. The Morgan fingerprint density at radius 3 is 2.28 bits per heavy atom. The van der Waals surface area contributed by atoms with Crippen molar-refractivity contribution in [2.45, 2.75) is 6.10 Å². The molecule has 2 aromatic carbocycles. The fourth-order valence-electron chi connectivity index (χ4n) is 1.59. The SMILES string of the molecule is NC(=O)[C@@H](Oc1ccccc1Br)c1ccccc1. The van der Waals surface area contributed by atoms with Crippen LogP contribution < -0.4 is 10.5 Å². The molecular formula is C14H12BrNO2. The van der Waals surface area contributed by atoms with Crippen molar-refractivity contribution in [3.63, 3.8) is 0 Å². The van der Waals surface area contributed by atoms with E-state index in [0.29, 0.717) is 5.75 Å². The van der Waals surface area contributed by atoms with Gasteiger partial charge in [-0.15, -0.1) is 0 Å². The van der Waals surface area contributed by atoms with Gasteiger partial charge < -0.3 is 10.5 Å². The second-order valence-corrected chi connectivity index (χ2v) is 4.60. The van der Waals surface area contributed by atoms with Gasteiger partial charge in [-0.2, -0.15) is 0 Å². The Kier molecular flexibility index (Phi) is 3.99. The highest BCUT2D eigenvalue weighted by Gasteiger charge is 2.20. The zero-order chi connectivity index (χ0) is 13.0. The van der Waals surface area contributed by atoms with Crippen molar-refractivity contribution in [1.29, 1.82) is 0 Å². The summed E-state index contributed by atoms with van der Waals surface area (Å²) in [4.78, 5) is 11.5. The zero-order valence-electron chi connectivity index (χ0n) is 9.55. The number of carbonyl (C=O) groups is 1. The lowest BCUT2D eigenvalue weighted by Crippen LogP contribution is -2.26. The molecule has 0 spiro atoms. The number of ether oxygens (including phenoxy) is 1. The van der Waals surface area contributed by atoms with Gasteiger partial charge in [0.15, 0.2) is 0 Å². The molecule has 0 saturated carbocycles. The molecule has 0 bridgehead atoms. The average Bonchev–Trinajstić information content (AvgIpc) is 2.38. The van der Waals surface area contributed by atoms with Gasteiger partial charge in [-0.3, -0.25) is 4.79 Å². The van der Waals surface area contributed by atoms with Crippen LogP contribution in [0.4, 0.5) is 0 Å². The third-order valence-corrected chi connectivity index (χ3v) is 3.10. The Balaban J connectivity index is 2.28. The molecule has 0 unspecified atom stereocenters. The molecule has 18 heavy (non-hydrogen) atoms. The first-order valence-corrected chi connectivity index (χ1v) is 6.23. The largest absolute Gasteiger partial charge is 0.475 e. The van der Waals surface area contributed by atoms with Gasteiger partial charge in [-0.25, -0.2) is 0 Å². The van der Waals surface area contributed by atoms with E-state index in [4.69, 9.17) is 10.5 Å². The Morgan fingerprint density at radius 2 is 1.67 bits per heavy atom. The number of nitrogens with two attached hydrogens (primary N) is 1. The number of para-hydroxylation sites is 1. The van der Waals surface area contributed by atoms with Gasteiger partial charge in [-0.1, -0.05) is 42.5 Å². The molecule has 2 rings (SSSR count). The van der Waals surface area contributed by atoms with E-state index in [-0.39, 0.29) is 0 Å². The van der Waals surface area contributed by atoms with Crippen LogP contribution in [0.1, 0.15) is 11.7 Å². The van der Waals surface area contributed by atoms with Gasteiger partial charge in [0, 0.05) is 5.56 Å². The summed E-state index contributed by atoms with van der Waals surface area (Å²) in [6.07, 6.45) is -0.787. The van der Waals surface area contributed by atoms with E-state index in [2.05, 4.69) is 15.9 Å². The summed E-state index contributed by atoms with van der Waals surface area (Å²) in [7, 11) is 0. The highest BCUT2D eigenvalue weighted by molar-refractivity contribution is 9.10. The number of benzene rings is 2. The first kappa shape index (κ1) is 12.6. The zero-order valence-corrected chi connectivity index (χ0v) is 11.1. The highest BCUT2D eigenvalue weighted by Crippen LogP contribution is 2.28. The highest BCUT2D eigenvalue weighted by atomic mass is 79.9. The van der Waals surface area contributed by atoms with Gasteiger partial charge >= 0.3 is 0 Å². The van der Waals surface area contributed by atoms with Crippen LogP contribution in [-0.2, 0) is 4.79 Å². The number of carbonyl (C=O) groups excluding carboxylic acids is 1. The van der Waals surface area contributed by atoms with Crippen LogP contribution in [-0.4, -0.2) is 5.91 Å². The van der Waals surface area contributed by atoms with Gasteiger partial charge in [0.2, 0.25) is 6.10 Å². The van der Waals surface area contributed by atoms with Crippen molar-refractivity contribution in [3.8, 4) is 5.75 Å². The molecule has 3 nitrogen and oxygen atoms in total. The lowest BCUT2D eigenvalue weighted by molar-refractivity contribution is -0.125. The molecule has 0 aliphatic heterocycles. The molecule has 0 radical (unpaired) electrons. The Hall–Kier alpha value is -1.81. The van der Waals surface area contributed by atoms with Crippen molar-refractivity contribution in [2.24, 2.45) is 5.73 Å². The minimum absolute atomic E-state index is 0.517. The summed E-state index contributed by atoms with van der Waals surface area (Å²) in [6, 6.07) is 16.5. The lowest BCUT2D eigenvalue weighted by Gasteiger charge is -2.17. The number of rotatable bonds is 4. The van der Waals surface area contributed by atoms with E-state index in [9.17, 15) is 4.79 Å². The molecule has 0 heterocycles. The maximum Gasteiger partial charge on any atom is 0.263 e. The van der Waals surface area contributed by atoms with Crippen LogP contribution in [0.15, 0.2) is 59.1 Å². The molecule has 4 heteroatoms. The standard InChI is InChI=1S/C14H12BrNO2/c15-11-8-4-5-9-12(11)18-13(14(16)17)10-6-2-1-3-7-10/h1-9,13H,(H2,16,17)/t13-/m0/s1. The summed E-state index contributed by atoms with van der Waals surface area (Å²) < 4.78 is 6.46. The van der Waals surface area contributed by atoms with Crippen LogP contribution >= 0.6 is 15.9 Å². The summed E-state index contributed by atoms with van der Waals surface area (Å²) in [5, 5.41) is 0. The van der Waals surface area contributed by atoms with Crippen LogP contribution in [0.25, 0.3) is 0 Å². The molecule has 0 aliphatic rings. The number of amides is 1. The van der Waals surface area contributed by atoms with Crippen LogP contribution in [0.2, 0.25) is 0 Å². The molecule has 1 atom stereocenters. The second-order valence-electron chi connectivity index (χ2n) is 3.74. The Bertz CT molecular complexity index is 543. The maximum absolute atomic E-state index is 11.5. The van der Waals surface area contributed by atoms with Crippen LogP contribution in [0.3, 0.4) is 0 Å². The normalized spacial score (nSPS) is 11.8. The van der Waals surface area contributed by atoms with Gasteiger partial charge in [0.1, 0.15) is 5.75 Å². The summed E-state index contributed by atoms with van der Waals surface area (Å²) in [5.41, 5.74) is 6.12. The third-order valence-electron chi connectivity index (χ3n) is 2.44. The van der Waals surface area contributed by atoms with Crippen molar-refractivity contribution in [3.05, 3.63) is 64.6 Å². The molecule has 2 aromatic rings. The summed E-state index contributed by atoms with van der Waals surface area (Å²) in [5.74, 6) is 0.0714. The first-order chi connectivity index (χ1) is 8.68. The third kappa shape index (κ3) is 2.90. The fraction of sp³-hybridized carbons (Fsp3) is 0.0714. The molecule has 2 N–H and O–H groups in total. The Morgan fingerprint density at radius 1 is 1.06 bits per heavy atom. The van der Waals surface area contributed by atoms with E-state index >= 15 is 0 Å². The van der Waals surface area contributed by atoms with E-state index in [1.807, 2.05) is 48.5 Å². The molecule has 1 amide bonds. The summed E-state index contributed by atoms with van der Waals surface area (Å²) >= 11 is 3.37. The average molecular weight is 306 g/mol. The van der Waals surface area contributed by atoms with Crippen molar-refractivity contribution in [2.75, 3.05) is 0 Å². The number of halogens is 1. The van der Waals surface area contributed by atoms with E-state index in [0.717, 1.165) is 10.0 Å². The predicted molar refractivity (Wildman–Crippen MR) is 73.1 cm³/mol. The molecule has 0 saturated heterocycles. The smallest absolute Gasteiger partial charge is 0.263 e. The fourth-order valence-corrected chi connectivity index (χ4v) is 1.96. The van der Waals surface area contributed by atoms with Gasteiger partial charge in [0.05, 0.1) is 4.47 Å². The molecule has 0 aromatic heterocycles. The van der Waals surface area contributed by atoms with E-state index in [1.54, 1.807) is 6.07 Å². The predicted octanol–water partition coefficient (Wildman–Crippen LogP) is 3.05. The first-order valence-electron chi connectivity index (χ1n) is 5.44. The minimum atomic E-state index is -0.787. The molecule has 92 valence electrons. The Labute approximate surface area is 114 Å². The van der Waals surface area contributed by atoms with E-state index in [1.165, 1.54) is 0 Å². The monoisotopic (exact) mass is 305 g/mol. The minimum Gasteiger partial charge on any atom is -0.475 e. The van der Waals surface area contributed by atoms with Crippen LogP contribution in [0.5, 0.6) is 5.75 Å². The van der Waals surface area contributed by atoms with Crippen molar-refractivity contribution < 1.29 is 9.53 Å². The molecule has 0 fully saturated rings. The quantitative estimate of drug-likeness (QED) is 0.944. The summed E-state index contributed by atoms with van der Waals surface area (Å²) in [6.45, 7) is 0. The topological polar surface area (TPSA) is 52.3 Å². The van der Waals surface area contributed by atoms with Gasteiger partial charge in [-0.05, 0) is 28.1 Å². The van der Waals surface area contributed by atoms with Crippen molar-refractivity contribution >= 4 is 21.8 Å². The maximum atomic E-state index is 11.5.